The Morgan fingerprint density at radius 2 is 2.00 bits per heavy atom. The third-order valence-electron chi connectivity index (χ3n) is 3.70. The lowest BCUT2D eigenvalue weighted by molar-refractivity contribution is 0.187. The summed E-state index contributed by atoms with van der Waals surface area (Å²) in [6, 6.07) is 5.05. The van der Waals surface area contributed by atoms with Crippen molar-refractivity contribution in [3.63, 3.8) is 0 Å². The fraction of sp³-hybridized carbons (Fsp3) is 0.571. The summed E-state index contributed by atoms with van der Waals surface area (Å²) in [5.41, 5.74) is 7.00. The molecule has 2 rings (SSSR count). The minimum atomic E-state index is -3.43. The quantitative estimate of drug-likeness (QED) is 0.847. The Kier molecular flexibility index (Phi) is 3.62. The summed E-state index contributed by atoms with van der Waals surface area (Å²) in [4.78, 5) is 0.338. The van der Waals surface area contributed by atoms with Gasteiger partial charge >= 0.3 is 0 Å². The van der Waals surface area contributed by atoms with Crippen molar-refractivity contribution in [2.45, 2.75) is 38.5 Å². The molecule has 0 aliphatic carbocycles. The van der Waals surface area contributed by atoms with E-state index in [-0.39, 0.29) is 5.41 Å². The molecule has 0 amide bonds. The molecule has 0 aromatic heterocycles. The molecule has 0 saturated carbocycles. The Bertz CT molecular complexity index is 579. The van der Waals surface area contributed by atoms with Crippen molar-refractivity contribution in [2.24, 2.45) is 5.41 Å². The number of nitrogens with two attached hydrogens (primary N) is 1. The fourth-order valence-electron chi connectivity index (χ4n) is 2.61. The molecular formula is C14H22N2O2S. The first kappa shape index (κ1) is 14.3. The standard InChI is InChI=1S/C14H22N2O2S/c1-11-5-6-12(15)9-13(11)19(17,18)16-8-4-7-14(2,3)10-16/h5-6,9H,4,7-8,10,15H2,1-3H3. The first-order valence-electron chi connectivity index (χ1n) is 6.59. The number of benzene rings is 1. The summed E-state index contributed by atoms with van der Waals surface area (Å²) >= 11 is 0. The van der Waals surface area contributed by atoms with E-state index in [9.17, 15) is 8.42 Å². The van der Waals surface area contributed by atoms with Gasteiger partial charge in [-0.25, -0.2) is 8.42 Å². The van der Waals surface area contributed by atoms with E-state index < -0.39 is 10.0 Å². The van der Waals surface area contributed by atoms with Crippen molar-refractivity contribution in [2.75, 3.05) is 18.8 Å². The first-order chi connectivity index (χ1) is 8.72. The van der Waals surface area contributed by atoms with Gasteiger partial charge in [0.25, 0.3) is 0 Å². The van der Waals surface area contributed by atoms with Crippen molar-refractivity contribution >= 4 is 15.7 Å². The molecule has 0 bridgehead atoms. The third kappa shape index (κ3) is 2.92. The van der Waals surface area contributed by atoms with Gasteiger partial charge in [-0.3, -0.25) is 0 Å². The predicted molar refractivity (Wildman–Crippen MR) is 77.4 cm³/mol. The molecule has 0 spiro atoms. The van der Waals surface area contributed by atoms with Crippen LogP contribution < -0.4 is 5.73 Å². The minimum Gasteiger partial charge on any atom is -0.399 e. The lowest BCUT2D eigenvalue weighted by atomic mass is 9.85. The topological polar surface area (TPSA) is 63.4 Å². The minimum absolute atomic E-state index is 0.0412. The van der Waals surface area contributed by atoms with Gasteiger partial charge in [-0.1, -0.05) is 19.9 Å². The van der Waals surface area contributed by atoms with E-state index in [0.717, 1.165) is 18.4 Å². The van der Waals surface area contributed by atoms with Gasteiger partial charge in [0, 0.05) is 18.8 Å². The number of rotatable bonds is 2. The molecule has 0 radical (unpaired) electrons. The van der Waals surface area contributed by atoms with Gasteiger partial charge < -0.3 is 5.73 Å². The Morgan fingerprint density at radius 1 is 1.32 bits per heavy atom. The Balaban J connectivity index is 2.39. The van der Waals surface area contributed by atoms with Crippen LogP contribution in [0.15, 0.2) is 23.1 Å². The van der Waals surface area contributed by atoms with Crippen molar-refractivity contribution in [1.29, 1.82) is 0 Å². The van der Waals surface area contributed by atoms with E-state index in [1.54, 1.807) is 29.4 Å². The molecule has 2 N–H and O–H groups in total. The van der Waals surface area contributed by atoms with Gasteiger partial charge in [0.1, 0.15) is 0 Å². The van der Waals surface area contributed by atoms with Gasteiger partial charge in [-0.2, -0.15) is 4.31 Å². The second-order valence-electron chi connectivity index (χ2n) is 6.13. The van der Waals surface area contributed by atoms with E-state index >= 15 is 0 Å². The van der Waals surface area contributed by atoms with Gasteiger partial charge in [-0.15, -0.1) is 0 Å². The van der Waals surface area contributed by atoms with E-state index in [2.05, 4.69) is 13.8 Å². The summed E-state index contributed by atoms with van der Waals surface area (Å²) in [5.74, 6) is 0. The third-order valence-corrected chi connectivity index (χ3v) is 5.68. The molecule has 1 aromatic rings. The largest absolute Gasteiger partial charge is 0.399 e. The van der Waals surface area contributed by atoms with E-state index in [1.165, 1.54) is 0 Å². The molecule has 1 aliphatic heterocycles. The van der Waals surface area contributed by atoms with Crippen LogP contribution in [0, 0.1) is 12.3 Å². The van der Waals surface area contributed by atoms with Crippen LogP contribution in [0.25, 0.3) is 0 Å². The molecule has 1 saturated heterocycles. The van der Waals surface area contributed by atoms with Crippen LogP contribution in [0.2, 0.25) is 0 Å². The molecule has 19 heavy (non-hydrogen) atoms. The van der Waals surface area contributed by atoms with E-state index in [0.29, 0.717) is 23.7 Å². The maximum Gasteiger partial charge on any atom is 0.243 e. The second-order valence-corrected chi connectivity index (χ2v) is 8.04. The van der Waals surface area contributed by atoms with E-state index in [1.807, 2.05) is 0 Å². The molecule has 0 atom stereocenters. The summed E-state index contributed by atoms with van der Waals surface area (Å²) in [6.07, 6.45) is 1.97. The summed E-state index contributed by atoms with van der Waals surface area (Å²) < 4.78 is 27.0. The van der Waals surface area contributed by atoms with Crippen LogP contribution in [0.5, 0.6) is 0 Å². The molecule has 4 nitrogen and oxygen atoms in total. The van der Waals surface area contributed by atoms with Gasteiger partial charge in [0.15, 0.2) is 0 Å². The number of hydrogen-bond acceptors (Lipinski definition) is 3. The average Bonchev–Trinajstić information content (AvgIpc) is 2.31. The van der Waals surface area contributed by atoms with Crippen molar-refractivity contribution < 1.29 is 8.42 Å². The van der Waals surface area contributed by atoms with Crippen molar-refractivity contribution in [3.8, 4) is 0 Å². The molecule has 0 unspecified atom stereocenters. The maximum absolute atomic E-state index is 12.7. The molecule has 5 heteroatoms. The Hall–Kier alpha value is -1.07. The SMILES string of the molecule is Cc1ccc(N)cc1S(=O)(=O)N1CCCC(C)(C)C1. The van der Waals surface area contributed by atoms with Gasteiger partial charge in [0.05, 0.1) is 4.90 Å². The number of piperidine rings is 1. The highest BCUT2D eigenvalue weighted by molar-refractivity contribution is 7.89. The number of sulfonamides is 1. The number of aryl methyl sites for hydroxylation is 1. The van der Waals surface area contributed by atoms with Crippen LogP contribution in [0.1, 0.15) is 32.3 Å². The highest BCUT2D eigenvalue weighted by atomic mass is 32.2. The summed E-state index contributed by atoms with van der Waals surface area (Å²) in [7, 11) is -3.43. The van der Waals surface area contributed by atoms with Crippen LogP contribution >= 0.6 is 0 Å². The predicted octanol–water partition coefficient (Wildman–Crippen LogP) is 2.39. The van der Waals surface area contributed by atoms with Crippen LogP contribution in [0.4, 0.5) is 5.69 Å². The number of nitrogen functional groups attached to an aromatic ring is 1. The zero-order chi connectivity index (χ0) is 14.3. The number of hydrogen-bond donors (Lipinski definition) is 1. The lowest BCUT2D eigenvalue weighted by Gasteiger charge is -2.37. The maximum atomic E-state index is 12.7. The van der Waals surface area contributed by atoms with Crippen molar-refractivity contribution in [1.82, 2.24) is 4.31 Å². The zero-order valence-corrected chi connectivity index (χ0v) is 12.6. The average molecular weight is 282 g/mol. The number of nitrogens with zero attached hydrogens (tertiary/aromatic N) is 1. The molecule has 1 fully saturated rings. The zero-order valence-electron chi connectivity index (χ0n) is 11.8. The molecule has 1 aromatic carbocycles. The highest BCUT2D eigenvalue weighted by Crippen LogP contribution is 2.32. The second kappa shape index (κ2) is 4.80. The monoisotopic (exact) mass is 282 g/mol. The van der Waals surface area contributed by atoms with E-state index in [4.69, 9.17) is 5.73 Å². The van der Waals surface area contributed by atoms with Gasteiger partial charge in [0.2, 0.25) is 10.0 Å². The smallest absolute Gasteiger partial charge is 0.243 e. The Morgan fingerprint density at radius 3 is 2.63 bits per heavy atom. The lowest BCUT2D eigenvalue weighted by Crippen LogP contribution is -2.43. The molecule has 106 valence electrons. The normalized spacial score (nSPS) is 20.4. The first-order valence-corrected chi connectivity index (χ1v) is 8.03. The molecule has 1 heterocycles. The van der Waals surface area contributed by atoms with Crippen LogP contribution in [-0.4, -0.2) is 25.8 Å². The number of anilines is 1. The van der Waals surface area contributed by atoms with Gasteiger partial charge in [-0.05, 0) is 42.9 Å². The molecular weight excluding hydrogens is 260 g/mol. The highest BCUT2D eigenvalue weighted by Gasteiger charge is 2.34. The summed E-state index contributed by atoms with van der Waals surface area (Å²) in [5, 5.41) is 0. The molecule has 1 aliphatic rings. The van der Waals surface area contributed by atoms with Crippen LogP contribution in [-0.2, 0) is 10.0 Å². The van der Waals surface area contributed by atoms with Crippen molar-refractivity contribution in [3.05, 3.63) is 23.8 Å². The fourth-order valence-corrected chi connectivity index (χ4v) is 4.54. The summed E-state index contributed by atoms with van der Waals surface area (Å²) in [6.45, 7) is 7.20. The van der Waals surface area contributed by atoms with Crippen LogP contribution in [0.3, 0.4) is 0 Å². The Labute approximate surface area is 115 Å².